The SMILES string of the molecule is O=C(NC1CCN(Cc2ccccc2)CC1)c1nnn2c1Sc1c(C(=O)NC3CCN(Cc4ccccc4)CC3)nnn1CC2. The van der Waals surface area contributed by atoms with Crippen molar-refractivity contribution in [3.63, 3.8) is 0 Å². The van der Waals surface area contributed by atoms with Crippen molar-refractivity contribution in [2.75, 3.05) is 26.2 Å². The average Bonchev–Trinajstić information content (AvgIpc) is 3.62. The van der Waals surface area contributed by atoms with E-state index in [1.807, 2.05) is 12.1 Å². The Kier molecular flexibility index (Phi) is 8.90. The minimum absolute atomic E-state index is 0.0743. The second kappa shape index (κ2) is 13.5. The maximum Gasteiger partial charge on any atom is 0.274 e. The zero-order valence-electron chi connectivity index (χ0n) is 25.2. The van der Waals surface area contributed by atoms with Gasteiger partial charge in [0.2, 0.25) is 0 Å². The van der Waals surface area contributed by atoms with E-state index in [4.69, 9.17) is 0 Å². The Balaban J connectivity index is 0.950. The number of benzene rings is 2. The predicted molar refractivity (Wildman–Crippen MR) is 169 cm³/mol. The molecule has 5 heterocycles. The normalized spacial score (nSPS) is 18.1. The Morgan fingerprint density at radius 3 is 1.42 bits per heavy atom. The molecule has 234 valence electrons. The number of likely N-dealkylation sites (tertiary alicyclic amines) is 2. The first kappa shape index (κ1) is 29.6. The molecule has 0 unspecified atom stereocenters. The summed E-state index contributed by atoms with van der Waals surface area (Å²) in [7, 11) is 0. The number of nitrogens with one attached hydrogen (secondary N) is 2. The smallest absolute Gasteiger partial charge is 0.274 e. The van der Waals surface area contributed by atoms with Gasteiger partial charge in [-0.2, -0.15) is 0 Å². The minimum atomic E-state index is -0.237. The van der Waals surface area contributed by atoms with Gasteiger partial charge in [-0.25, -0.2) is 9.36 Å². The van der Waals surface area contributed by atoms with E-state index in [1.54, 1.807) is 9.36 Å². The van der Waals surface area contributed by atoms with Crippen LogP contribution in [0.5, 0.6) is 0 Å². The number of rotatable bonds is 8. The third-order valence-electron chi connectivity index (χ3n) is 8.87. The van der Waals surface area contributed by atoms with Crippen LogP contribution in [-0.4, -0.2) is 89.9 Å². The fourth-order valence-electron chi connectivity index (χ4n) is 6.33. The first-order valence-electron chi connectivity index (χ1n) is 15.8. The second-order valence-corrected chi connectivity index (χ2v) is 13.0. The minimum Gasteiger partial charge on any atom is -0.348 e. The molecule has 2 N–H and O–H groups in total. The summed E-state index contributed by atoms with van der Waals surface area (Å²) in [6.07, 6.45) is 3.51. The quantitative estimate of drug-likeness (QED) is 0.304. The van der Waals surface area contributed by atoms with E-state index in [1.165, 1.54) is 22.9 Å². The van der Waals surface area contributed by atoms with Gasteiger partial charge in [0, 0.05) is 51.4 Å². The van der Waals surface area contributed by atoms with Crippen LogP contribution in [0.25, 0.3) is 0 Å². The molecule has 45 heavy (non-hydrogen) atoms. The first-order valence-corrected chi connectivity index (χ1v) is 16.6. The summed E-state index contributed by atoms with van der Waals surface area (Å²) in [5.41, 5.74) is 3.15. The number of fused-ring (bicyclic) bond motifs is 2. The van der Waals surface area contributed by atoms with Gasteiger partial charge in [0.25, 0.3) is 11.8 Å². The first-order chi connectivity index (χ1) is 22.1. The lowest BCUT2D eigenvalue weighted by atomic mass is 10.0. The number of aromatic nitrogens is 6. The number of carbonyl (C=O) groups excluding carboxylic acids is 2. The molecule has 3 aliphatic heterocycles. The summed E-state index contributed by atoms with van der Waals surface area (Å²) in [6.45, 7) is 6.49. The zero-order chi connectivity index (χ0) is 30.6. The molecule has 12 nitrogen and oxygen atoms in total. The lowest BCUT2D eigenvalue weighted by molar-refractivity contribution is 0.0893. The lowest BCUT2D eigenvalue weighted by Crippen LogP contribution is -2.44. The van der Waals surface area contributed by atoms with Gasteiger partial charge in [-0.15, -0.1) is 10.2 Å². The van der Waals surface area contributed by atoms with E-state index in [0.717, 1.165) is 65.0 Å². The molecule has 13 heteroatoms. The maximum atomic E-state index is 13.4. The van der Waals surface area contributed by atoms with E-state index in [9.17, 15) is 9.59 Å². The topological polar surface area (TPSA) is 126 Å². The number of aryl methyl sites for hydroxylation is 2. The van der Waals surface area contributed by atoms with Gasteiger partial charge in [-0.05, 0) is 48.6 Å². The summed E-state index contributed by atoms with van der Waals surface area (Å²) >= 11 is 1.29. The maximum absolute atomic E-state index is 13.4. The van der Waals surface area contributed by atoms with Crippen molar-refractivity contribution in [3.8, 4) is 0 Å². The van der Waals surface area contributed by atoms with Gasteiger partial charge in [0.05, 0.1) is 13.1 Å². The standard InChI is InChI=1S/C32H38N10O2S/c43-29(33-25-11-15-39(16-12-25)21-23-7-3-1-4-8-23)27-31-41(37-35-27)19-20-42-32(45-31)28(36-38-42)30(44)34-26-13-17-40(18-14-26)22-24-9-5-2-6-10-24/h1-10,25-26H,11-22H2,(H,33,43)(H,34,44). The Hall–Kier alpha value is -4.07. The number of amides is 2. The molecule has 4 aromatic rings. The molecule has 0 radical (unpaired) electrons. The number of piperidine rings is 2. The van der Waals surface area contributed by atoms with Crippen molar-refractivity contribution in [1.29, 1.82) is 0 Å². The molecule has 2 aromatic carbocycles. The van der Waals surface area contributed by atoms with Crippen molar-refractivity contribution < 1.29 is 9.59 Å². The molecule has 0 aliphatic carbocycles. The van der Waals surface area contributed by atoms with Gasteiger partial charge in [-0.3, -0.25) is 19.4 Å². The Labute approximate surface area is 266 Å². The summed E-state index contributed by atoms with van der Waals surface area (Å²) in [4.78, 5) is 31.7. The summed E-state index contributed by atoms with van der Waals surface area (Å²) in [5, 5.41) is 24.6. The van der Waals surface area contributed by atoms with Crippen molar-refractivity contribution in [2.45, 2.75) is 74.0 Å². The van der Waals surface area contributed by atoms with Crippen LogP contribution < -0.4 is 10.6 Å². The molecule has 2 saturated heterocycles. The zero-order valence-corrected chi connectivity index (χ0v) is 26.0. The molecule has 0 atom stereocenters. The van der Waals surface area contributed by atoms with E-state index < -0.39 is 0 Å². The molecule has 0 saturated carbocycles. The van der Waals surface area contributed by atoms with E-state index in [0.29, 0.717) is 23.1 Å². The highest BCUT2D eigenvalue weighted by Gasteiger charge is 2.32. The molecule has 7 rings (SSSR count). The Morgan fingerprint density at radius 1 is 0.622 bits per heavy atom. The van der Waals surface area contributed by atoms with Crippen LogP contribution in [0.3, 0.4) is 0 Å². The summed E-state index contributed by atoms with van der Waals surface area (Å²) in [6, 6.07) is 21.1. The van der Waals surface area contributed by atoms with Crippen LogP contribution in [-0.2, 0) is 26.2 Å². The molecule has 2 fully saturated rings. The largest absolute Gasteiger partial charge is 0.348 e. The van der Waals surface area contributed by atoms with Crippen molar-refractivity contribution in [3.05, 3.63) is 83.2 Å². The number of carbonyl (C=O) groups is 2. The molecular weight excluding hydrogens is 588 g/mol. The van der Waals surface area contributed by atoms with Gasteiger partial charge >= 0.3 is 0 Å². The number of hydrogen-bond donors (Lipinski definition) is 2. The van der Waals surface area contributed by atoms with Gasteiger partial charge < -0.3 is 10.6 Å². The van der Waals surface area contributed by atoms with Gasteiger partial charge in [-0.1, -0.05) is 71.1 Å². The fraction of sp³-hybridized carbons (Fsp3) is 0.438. The monoisotopic (exact) mass is 626 g/mol. The van der Waals surface area contributed by atoms with E-state index >= 15 is 0 Å². The van der Waals surface area contributed by atoms with Crippen LogP contribution >= 0.6 is 11.8 Å². The van der Waals surface area contributed by atoms with Crippen molar-refractivity contribution in [2.24, 2.45) is 0 Å². The van der Waals surface area contributed by atoms with E-state index in [2.05, 4.69) is 89.6 Å². The van der Waals surface area contributed by atoms with Crippen LogP contribution in [0, 0.1) is 0 Å². The molecule has 3 aliphatic rings. The fourth-order valence-corrected chi connectivity index (χ4v) is 7.44. The van der Waals surface area contributed by atoms with Crippen molar-refractivity contribution >= 4 is 23.6 Å². The number of hydrogen-bond acceptors (Lipinski definition) is 9. The third-order valence-corrected chi connectivity index (χ3v) is 10.1. The highest BCUT2D eigenvalue weighted by atomic mass is 32.2. The van der Waals surface area contributed by atoms with E-state index in [-0.39, 0.29) is 35.3 Å². The van der Waals surface area contributed by atoms with Crippen LogP contribution in [0.2, 0.25) is 0 Å². The Morgan fingerprint density at radius 2 is 1.02 bits per heavy atom. The Bertz CT molecular complexity index is 1490. The highest BCUT2D eigenvalue weighted by Crippen LogP contribution is 2.34. The van der Waals surface area contributed by atoms with Crippen molar-refractivity contribution in [1.82, 2.24) is 50.4 Å². The van der Waals surface area contributed by atoms with Crippen LogP contribution in [0.15, 0.2) is 70.7 Å². The average molecular weight is 627 g/mol. The predicted octanol–water partition coefficient (Wildman–Crippen LogP) is 2.82. The second-order valence-electron chi connectivity index (χ2n) is 12.1. The lowest BCUT2D eigenvalue weighted by Gasteiger charge is -2.32. The van der Waals surface area contributed by atoms with Gasteiger partial charge in [0.15, 0.2) is 11.4 Å². The van der Waals surface area contributed by atoms with Gasteiger partial charge in [0.1, 0.15) is 10.1 Å². The highest BCUT2D eigenvalue weighted by molar-refractivity contribution is 7.99. The molecule has 2 aromatic heterocycles. The molecule has 2 amide bonds. The van der Waals surface area contributed by atoms with Crippen LogP contribution in [0.4, 0.5) is 0 Å². The number of nitrogens with zero attached hydrogens (tertiary/aromatic N) is 8. The summed E-state index contributed by atoms with van der Waals surface area (Å²) in [5.74, 6) is -0.473. The third kappa shape index (κ3) is 6.95. The summed E-state index contributed by atoms with van der Waals surface area (Å²) < 4.78 is 3.45. The van der Waals surface area contributed by atoms with Crippen LogP contribution in [0.1, 0.15) is 57.8 Å². The molecule has 0 bridgehead atoms. The molecular formula is C32H38N10O2S. The molecule has 0 spiro atoms.